The van der Waals surface area contributed by atoms with Crippen LogP contribution in [-0.2, 0) is 6.54 Å². The number of halogens is 1. The SMILES string of the molecule is CCNC(=NCc1oc2ccccc2c1C)N1CCC(CN2CCCC2)C1.I. The fourth-order valence-corrected chi connectivity index (χ4v) is 4.45. The molecule has 4 rings (SSSR count). The molecule has 6 heteroatoms. The molecule has 1 N–H and O–H groups in total. The minimum atomic E-state index is 0. The Morgan fingerprint density at radius 1 is 1.21 bits per heavy atom. The maximum Gasteiger partial charge on any atom is 0.194 e. The summed E-state index contributed by atoms with van der Waals surface area (Å²) in [6.07, 6.45) is 4.01. The van der Waals surface area contributed by atoms with Gasteiger partial charge in [-0.15, -0.1) is 24.0 Å². The van der Waals surface area contributed by atoms with E-state index in [0.717, 1.165) is 42.9 Å². The predicted molar refractivity (Wildman–Crippen MR) is 127 cm³/mol. The van der Waals surface area contributed by atoms with Crippen molar-refractivity contribution >= 4 is 40.9 Å². The van der Waals surface area contributed by atoms with Gasteiger partial charge in [0.1, 0.15) is 17.9 Å². The number of hydrogen-bond acceptors (Lipinski definition) is 3. The normalized spacial score (nSPS) is 20.7. The Balaban J connectivity index is 0.00000225. The van der Waals surface area contributed by atoms with E-state index in [1.54, 1.807) is 0 Å². The fraction of sp³-hybridized carbons (Fsp3) is 0.591. The van der Waals surface area contributed by atoms with E-state index < -0.39 is 0 Å². The average Bonchev–Trinajstić information content (AvgIpc) is 3.41. The van der Waals surface area contributed by atoms with Crippen molar-refractivity contribution in [1.82, 2.24) is 15.1 Å². The van der Waals surface area contributed by atoms with E-state index in [4.69, 9.17) is 9.41 Å². The smallest absolute Gasteiger partial charge is 0.194 e. The standard InChI is InChI=1S/C22H32N4O.HI/c1-3-23-22(26-13-10-18(16-26)15-25-11-6-7-12-25)24-14-21-17(2)19-8-4-5-9-20(19)27-21;/h4-5,8-9,18H,3,6-7,10-16H2,1-2H3,(H,23,24);1H. The molecule has 2 aromatic rings. The number of benzene rings is 1. The number of para-hydroxylation sites is 1. The molecule has 0 aliphatic carbocycles. The van der Waals surface area contributed by atoms with E-state index in [0.29, 0.717) is 6.54 Å². The van der Waals surface area contributed by atoms with Crippen LogP contribution in [0, 0.1) is 12.8 Å². The molecule has 1 aromatic carbocycles. The number of furan rings is 1. The highest BCUT2D eigenvalue weighted by atomic mass is 127. The van der Waals surface area contributed by atoms with Crippen molar-refractivity contribution in [3.8, 4) is 0 Å². The first kappa shape index (κ1) is 21.4. The first-order valence-corrected chi connectivity index (χ1v) is 10.5. The molecule has 2 saturated heterocycles. The zero-order valence-corrected chi connectivity index (χ0v) is 19.4. The zero-order chi connectivity index (χ0) is 18.6. The molecule has 0 saturated carbocycles. The van der Waals surface area contributed by atoms with Crippen LogP contribution in [0.2, 0.25) is 0 Å². The van der Waals surface area contributed by atoms with Crippen molar-refractivity contribution in [1.29, 1.82) is 0 Å². The summed E-state index contributed by atoms with van der Waals surface area (Å²) in [4.78, 5) is 9.98. The van der Waals surface area contributed by atoms with Crippen LogP contribution < -0.4 is 5.32 Å². The lowest BCUT2D eigenvalue weighted by Crippen LogP contribution is -2.40. The van der Waals surface area contributed by atoms with E-state index in [1.807, 2.05) is 12.1 Å². The molecule has 0 amide bonds. The zero-order valence-electron chi connectivity index (χ0n) is 17.1. The van der Waals surface area contributed by atoms with E-state index in [2.05, 4.69) is 41.1 Å². The molecule has 1 atom stereocenters. The molecule has 154 valence electrons. The van der Waals surface area contributed by atoms with Gasteiger partial charge < -0.3 is 19.5 Å². The molecule has 3 heterocycles. The molecule has 0 spiro atoms. The van der Waals surface area contributed by atoms with Gasteiger partial charge in [-0.1, -0.05) is 18.2 Å². The van der Waals surface area contributed by atoms with Gasteiger partial charge in [-0.2, -0.15) is 0 Å². The first-order chi connectivity index (χ1) is 13.2. The molecule has 1 aromatic heterocycles. The topological polar surface area (TPSA) is 44.0 Å². The molecule has 2 aliphatic heterocycles. The molecule has 2 aliphatic rings. The number of nitrogens with one attached hydrogen (secondary N) is 1. The van der Waals surface area contributed by atoms with Gasteiger partial charge in [0.2, 0.25) is 0 Å². The van der Waals surface area contributed by atoms with Gasteiger partial charge in [-0.05, 0) is 58.2 Å². The van der Waals surface area contributed by atoms with E-state index >= 15 is 0 Å². The highest BCUT2D eigenvalue weighted by Crippen LogP contribution is 2.26. The average molecular weight is 496 g/mol. The second-order valence-corrected chi connectivity index (χ2v) is 7.92. The van der Waals surface area contributed by atoms with Crippen LogP contribution in [0.15, 0.2) is 33.7 Å². The minimum Gasteiger partial charge on any atom is -0.459 e. The number of guanidine groups is 1. The Morgan fingerprint density at radius 2 is 2.00 bits per heavy atom. The van der Waals surface area contributed by atoms with E-state index in [1.165, 1.54) is 49.8 Å². The van der Waals surface area contributed by atoms with Crippen LogP contribution in [0.3, 0.4) is 0 Å². The third-order valence-electron chi connectivity index (χ3n) is 5.95. The Kier molecular flexibility index (Phi) is 7.62. The number of nitrogens with zero attached hydrogens (tertiary/aromatic N) is 3. The van der Waals surface area contributed by atoms with Gasteiger partial charge in [0.05, 0.1) is 0 Å². The van der Waals surface area contributed by atoms with Gasteiger partial charge >= 0.3 is 0 Å². The number of aryl methyl sites for hydroxylation is 1. The van der Waals surface area contributed by atoms with Gasteiger partial charge in [0.15, 0.2) is 5.96 Å². The Hall–Kier alpha value is -1.28. The summed E-state index contributed by atoms with van der Waals surface area (Å²) < 4.78 is 6.04. The highest BCUT2D eigenvalue weighted by molar-refractivity contribution is 14.0. The maximum atomic E-state index is 6.04. The predicted octanol–water partition coefficient (Wildman–Crippen LogP) is 4.24. The molecule has 1 unspecified atom stereocenters. The van der Waals surface area contributed by atoms with Crippen LogP contribution in [0.4, 0.5) is 0 Å². The Labute approximate surface area is 185 Å². The first-order valence-electron chi connectivity index (χ1n) is 10.5. The molecular formula is C22H33IN4O. The molecule has 28 heavy (non-hydrogen) atoms. The summed E-state index contributed by atoms with van der Waals surface area (Å²) in [5.41, 5.74) is 2.16. The van der Waals surface area contributed by atoms with Gasteiger partial charge in [0.25, 0.3) is 0 Å². The largest absolute Gasteiger partial charge is 0.459 e. The molecule has 5 nitrogen and oxygen atoms in total. The van der Waals surface area contributed by atoms with Crippen LogP contribution in [0.25, 0.3) is 11.0 Å². The van der Waals surface area contributed by atoms with Crippen LogP contribution in [-0.4, -0.2) is 55.0 Å². The molecule has 0 radical (unpaired) electrons. The van der Waals surface area contributed by atoms with Crippen LogP contribution in [0.1, 0.15) is 37.5 Å². The van der Waals surface area contributed by atoms with Crippen molar-refractivity contribution in [3.05, 3.63) is 35.6 Å². The summed E-state index contributed by atoms with van der Waals surface area (Å²) in [5, 5.41) is 4.68. The van der Waals surface area contributed by atoms with Crippen molar-refractivity contribution in [2.45, 2.75) is 39.7 Å². The lowest BCUT2D eigenvalue weighted by atomic mass is 10.1. The van der Waals surface area contributed by atoms with Crippen molar-refractivity contribution in [2.75, 3.05) is 39.3 Å². The highest BCUT2D eigenvalue weighted by Gasteiger charge is 2.27. The summed E-state index contributed by atoms with van der Waals surface area (Å²) in [6.45, 7) is 11.8. The van der Waals surface area contributed by atoms with Crippen molar-refractivity contribution in [3.63, 3.8) is 0 Å². The monoisotopic (exact) mass is 496 g/mol. The second-order valence-electron chi connectivity index (χ2n) is 7.92. The minimum absolute atomic E-state index is 0. The summed E-state index contributed by atoms with van der Waals surface area (Å²) in [7, 11) is 0. The Bertz CT molecular complexity index is 797. The maximum absolute atomic E-state index is 6.04. The number of likely N-dealkylation sites (tertiary alicyclic amines) is 2. The van der Waals surface area contributed by atoms with Crippen molar-refractivity contribution in [2.24, 2.45) is 10.9 Å². The quantitative estimate of drug-likeness (QED) is 0.382. The molecule has 0 bridgehead atoms. The summed E-state index contributed by atoms with van der Waals surface area (Å²) in [5.74, 6) is 2.76. The van der Waals surface area contributed by atoms with Gasteiger partial charge in [0, 0.05) is 37.1 Å². The third kappa shape index (κ3) is 4.82. The Morgan fingerprint density at radius 3 is 2.75 bits per heavy atom. The third-order valence-corrected chi connectivity index (χ3v) is 5.95. The number of fused-ring (bicyclic) bond motifs is 1. The molecular weight excluding hydrogens is 463 g/mol. The second kappa shape index (κ2) is 9.96. The van der Waals surface area contributed by atoms with Crippen molar-refractivity contribution < 1.29 is 4.42 Å². The van der Waals surface area contributed by atoms with Gasteiger partial charge in [-0.25, -0.2) is 4.99 Å². The number of aliphatic imine (C=N–C) groups is 1. The summed E-state index contributed by atoms with van der Waals surface area (Å²) in [6, 6.07) is 8.24. The fourth-order valence-electron chi connectivity index (χ4n) is 4.45. The lowest BCUT2D eigenvalue weighted by Gasteiger charge is -2.23. The molecule has 2 fully saturated rings. The van der Waals surface area contributed by atoms with Crippen LogP contribution in [0.5, 0.6) is 0 Å². The van der Waals surface area contributed by atoms with E-state index in [9.17, 15) is 0 Å². The number of hydrogen-bond donors (Lipinski definition) is 1. The van der Waals surface area contributed by atoms with Gasteiger partial charge in [-0.3, -0.25) is 0 Å². The number of rotatable bonds is 5. The van der Waals surface area contributed by atoms with Crippen LogP contribution >= 0.6 is 24.0 Å². The van der Waals surface area contributed by atoms with E-state index in [-0.39, 0.29) is 24.0 Å². The summed E-state index contributed by atoms with van der Waals surface area (Å²) >= 11 is 0. The lowest BCUT2D eigenvalue weighted by molar-refractivity contribution is 0.281.